The van der Waals surface area contributed by atoms with Gasteiger partial charge in [-0.05, 0) is 141 Å². The van der Waals surface area contributed by atoms with Crippen LogP contribution in [0.4, 0.5) is 0 Å². The molecule has 0 unspecified atom stereocenters. The van der Waals surface area contributed by atoms with Crippen LogP contribution >= 0.6 is 0 Å². The summed E-state index contributed by atoms with van der Waals surface area (Å²) < 4.78 is 39.6. The van der Waals surface area contributed by atoms with Gasteiger partial charge in [-0.15, -0.1) is 0 Å². The van der Waals surface area contributed by atoms with Crippen LogP contribution in [0.1, 0.15) is 223 Å². The molecular weight excluding hydrogens is 953 g/mol. The maximum Gasteiger partial charge on any atom is 0.330 e. The van der Waals surface area contributed by atoms with E-state index in [1.807, 2.05) is 24.3 Å². The van der Waals surface area contributed by atoms with Crippen molar-refractivity contribution < 1.29 is 48.2 Å². The molecule has 76 heavy (non-hydrogen) atoms. The Morgan fingerprint density at radius 1 is 0.382 bits per heavy atom. The molecule has 5 rings (SSSR count). The van der Waals surface area contributed by atoms with Crippen molar-refractivity contribution in [2.45, 2.75) is 208 Å². The number of carbonyl (C=O) groups is 2. The molecule has 0 aliphatic heterocycles. The lowest BCUT2D eigenvalue weighted by atomic mass is 9.88. The van der Waals surface area contributed by atoms with Crippen LogP contribution in [-0.4, -0.2) is 48.6 Å². The number of benzene rings is 4. The van der Waals surface area contributed by atoms with Crippen LogP contribution in [-0.2, 0) is 71.2 Å². The number of fused-ring (bicyclic) bond motifs is 8. The van der Waals surface area contributed by atoms with Crippen molar-refractivity contribution in [3.63, 3.8) is 0 Å². The van der Waals surface area contributed by atoms with Crippen molar-refractivity contribution in [2.75, 3.05) is 26.4 Å². The standard InChI is InChI=1S/C66H92O10/c1-7-13-17-21-25-29-71-63-53-33-49(45-67)34-54(63)42-58-38-52(48-76-62(70)12-6)40-60(66(58)74-32-28-24-20-16-10-4)44-56-36-50(46-68)35-55(64(56)72-30-26-22-18-14-8-2)43-59-39-51(47-75-61(69)11-5)37-57(41-53)65(59)73-31-27-23-19-15-9-3/h11-12,33-40,67-68H,5-10,13-32,41-48H2,1-4H3. The second-order valence-electron chi connectivity index (χ2n) is 20.7. The average Bonchev–Trinajstić information content (AvgIpc) is 3.42. The Morgan fingerprint density at radius 3 is 0.816 bits per heavy atom. The Labute approximate surface area is 456 Å². The van der Waals surface area contributed by atoms with Gasteiger partial charge >= 0.3 is 11.9 Å². The van der Waals surface area contributed by atoms with Gasteiger partial charge in [-0.2, -0.15) is 0 Å². The Morgan fingerprint density at radius 2 is 0.605 bits per heavy atom. The van der Waals surface area contributed by atoms with Gasteiger partial charge in [0.15, 0.2) is 0 Å². The molecule has 10 heteroatoms. The monoisotopic (exact) mass is 1040 g/mol. The first-order valence-electron chi connectivity index (χ1n) is 29.1. The SMILES string of the molecule is C=CC(=O)OCc1cc2c(OCCCCCCC)c(c1)Cc1cc(CO)cc(c1OCCCCCCC)Cc1cc(COC(=O)C=C)cc(c1OCCCCCCC)Cc1cc(CO)cc(c1OCCCCCCC)C2. The molecule has 1 aliphatic rings. The molecule has 8 bridgehead atoms. The van der Waals surface area contributed by atoms with Gasteiger partial charge in [0.05, 0.1) is 39.6 Å². The molecule has 0 radical (unpaired) electrons. The van der Waals surface area contributed by atoms with E-state index in [4.69, 9.17) is 28.4 Å². The van der Waals surface area contributed by atoms with E-state index in [1.165, 1.54) is 37.8 Å². The van der Waals surface area contributed by atoms with Crippen molar-refractivity contribution in [2.24, 2.45) is 0 Å². The fraction of sp³-hybridized carbons (Fsp3) is 0.545. The predicted octanol–water partition coefficient (Wildman–Crippen LogP) is 15.2. The molecule has 1 aliphatic carbocycles. The molecular formula is C66H92O10. The van der Waals surface area contributed by atoms with Crippen molar-refractivity contribution in [3.8, 4) is 23.0 Å². The van der Waals surface area contributed by atoms with Gasteiger partial charge in [-0.1, -0.05) is 144 Å². The zero-order valence-corrected chi connectivity index (χ0v) is 47.0. The van der Waals surface area contributed by atoms with Crippen molar-refractivity contribution >= 4 is 11.9 Å². The molecule has 0 amide bonds. The number of esters is 2. The minimum atomic E-state index is -0.514. The Balaban J connectivity index is 1.85. The van der Waals surface area contributed by atoms with Crippen molar-refractivity contribution in [3.05, 3.63) is 141 Å². The highest BCUT2D eigenvalue weighted by Gasteiger charge is 2.25. The molecule has 0 atom stereocenters. The zero-order chi connectivity index (χ0) is 54.3. The molecule has 10 nitrogen and oxygen atoms in total. The molecule has 0 heterocycles. The van der Waals surface area contributed by atoms with Crippen LogP contribution in [0.15, 0.2) is 73.8 Å². The third kappa shape index (κ3) is 20.1. The van der Waals surface area contributed by atoms with Crippen LogP contribution in [0.3, 0.4) is 0 Å². The fourth-order valence-electron chi connectivity index (χ4n) is 10.2. The van der Waals surface area contributed by atoms with Gasteiger partial charge < -0.3 is 38.6 Å². The van der Waals surface area contributed by atoms with Gasteiger partial charge in [0.2, 0.25) is 0 Å². The van der Waals surface area contributed by atoms with Crippen molar-refractivity contribution in [1.29, 1.82) is 0 Å². The Bertz CT molecular complexity index is 2150. The van der Waals surface area contributed by atoms with Crippen molar-refractivity contribution in [1.82, 2.24) is 0 Å². The topological polar surface area (TPSA) is 130 Å². The molecule has 2 N–H and O–H groups in total. The highest BCUT2D eigenvalue weighted by atomic mass is 16.5. The number of carbonyl (C=O) groups excluding carboxylic acids is 2. The highest BCUT2D eigenvalue weighted by molar-refractivity contribution is 5.81. The number of hydrogen-bond donors (Lipinski definition) is 2. The largest absolute Gasteiger partial charge is 0.493 e. The van der Waals surface area contributed by atoms with E-state index < -0.39 is 11.9 Å². The van der Waals surface area contributed by atoms with Gasteiger partial charge in [-0.25, -0.2) is 9.59 Å². The van der Waals surface area contributed by atoms with Crippen LogP contribution < -0.4 is 18.9 Å². The second-order valence-corrected chi connectivity index (χ2v) is 20.7. The van der Waals surface area contributed by atoms with Gasteiger partial charge in [0.1, 0.15) is 36.2 Å². The first-order chi connectivity index (χ1) is 37.2. The van der Waals surface area contributed by atoms with E-state index in [1.54, 1.807) is 0 Å². The number of aliphatic hydroxyl groups excluding tert-OH is 2. The zero-order valence-electron chi connectivity index (χ0n) is 47.0. The molecule has 0 saturated heterocycles. The Kier molecular flexibility index (Phi) is 28.2. The summed E-state index contributed by atoms with van der Waals surface area (Å²) in [6, 6.07) is 16.5. The van der Waals surface area contributed by atoms with Crippen LogP contribution in [0, 0.1) is 0 Å². The smallest absolute Gasteiger partial charge is 0.330 e. The van der Waals surface area contributed by atoms with E-state index >= 15 is 0 Å². The molecule has 0 saturated carbocycles. The van der Waals surface area contributed by atoms with E-state index in [2.05, 4.69) is 65.1 Å². The number of ether oxygens (including phenoxy) is 6. The van der Waals surface area contributed by atoms with E-state index in [-0.39, 0.29) is 26.4 Å². The maximum atomic E-state index is 12.7. The van der Waals surface area contributed by atoms with E-state index in [9.17, 15) is 19.8 Å². The van der Waals surface area contributed by atoms with Crippen LogP contribution in [0.2, 0.25) is 0 Å². The lowest BCUT2D eigenvalue weighted by Gasteiger charge is -2.25. The number of aliphatic hydroxyl groups is 2. The minimum Gasteiger partial charge on any atom is -0.493 e. The summed E-state index contributed by atoms with van der Waals surface area (Å²) >= 11 is 0. The molecule has 4 aromatic carbocycles. The predicted molar refractivity (Wildman–Crippen MR) is 306 cm³/mol. The van der Waals surface area contributed by atoms with Gasteiger partial charge in [-0.3, -0.25) is 0 Å². The highest BCUT2D eigenvalue weighted by Crippen LogP contribution is 2.41. The molecule has 0 fully saturated rings. The fourth-order valence-corrected chi connectivity index (χ4v) is 10.2. The molecule has 0 spiro atoms. The quantitative estimate of drug-likeness (QED) is 0.0227. The van der Waals surface area contributed by atoms with Crippen LogP contribution in [0.25, 0.3) is 0 Å². The third-order valence-corrected chi connectivity index (χ3v) is 14.2. The molecule has 0 aromatic heterocycles. The van der Waals surface area contributed by atoms with E-state index in [0.29, 0.717) is 52.1 Å². The number of hydrogen-bond acceptors (Lipinski definition) is 10. The van der Waals surface area contributed by atoms with Gasteiger partial charge in [0, 0.05) is 37.8 Å². The lowest BCUT2D eigenvalue weighted by Crippen LogP contribution is -2.12. The minimum absolute atomic E-state index is 0.0225. The first kappa shape index (κ1) is 61.3. The Hall–Kier alpha value is -5.58. The van der Waals surface area contributed by atoms with Gasteiger partial charge in [0.25, 0.3) is 0 Å². The van der Waals surface area contributed by atoms with Crippen LogP contribution in [0.5, 0.6) is 23.0 Å². The summed E-state index contributed by atoms with van der Waals surface area (Å²) in [7, 11) is 0. The number of unbranched alkanes of at least 4 members (excludes halogenated alkanes) is 16. The molecule has 416 valence electrons. The summed E-state index contributed by atoms with van der Waals surface area (Å²) in [5.41, 5.74) is 10.2. The summed E-state index contributed by atoms with van der Waals surface area (Å²) in [4.78, 5) is 25.3. The summed E-state index contributed by atoms with van der Waals surface area (Å²) in [5, 5.41) is 22.1. The lowest BCUT2D eigenvalue weighted by molar-refractivity contribution is -0.139. The summed E-state index contributed by atoms with van der Waals surface area (Å²) in [5.74, 6) is 1.97. The summed E-state index contributed by atoms with van der Waals surface area (Å²) in [6.45, 7) is 17.9. The maximum absolute atomic E-state index is 12.7. The second kappa shape index (κ2) is 35.0. The third-order valence-electron chi connectivity index (χ3n) is 14.2. The average molecular weight is 1050 g/mol. The summed E-state index contributed by atoms with van der Waals surface area (Å²) in [6.07, 6.45) is 25.5. The first-order valence-corrected chi connectivity index (χ1v) is 29.1. The normalized spacial score (nSPS) is 12.0. The van der Waals surface area contributed by atoms with E-state index in [0.717, 1.165) is 192 Å². The number of rotatable bonds is 36. The molecule has 4 aromatic rings.